The fraction of sp³-hybridized carbons (Fsp3) is 0.222. The summed E-state index contributed by atoms with van der Waals surface area (Å²) in [6.07, 6.45) is 0. The monoisotopic (exact) mass is 410 g/mol. The van der Waals surface area contributed by atoms with Gasteiger partial charge in [-0.1, -0.05) is 30.7 Å². The van der Waals surface area contributed by atoms with E-state index < -0.39 is 32.9 Å². The van der Waals surface area contributed by atoms with Crippen LogP contribution < -0.4 is 5.32 Å². The molecule has 2 aromatic carbocycles. The molecule has 0 radical (unpaired) electrons. The molecule has 0 fully saturated rings. The molecule has 0 aromatic heterocycles. The summed E-state index contributed by atoms with van der Waals surface area (Å²) < 4.78 is 37.4. The van der Waals surface area contributed by atoms with Crippen LogP contribution in [-0.4, -0.2) is 30.9 Å². The van der Waals surface area contributed by atoms with Gasteiger partial charge in [-0.2, -0.15) is 5.26 Å². The van der Waals surface area contributed by atoms with Crippen LogP contribution in [0.4, 0.5) is 10.1 Å². The van der Waals surface area contributed by atoms with E-state index in [2.05, 4.69) is 5.32 Å². The minimum Gasteiger partial charge on any atom is -0.374 e. The number of nitrogens with one attached hydrogen (secondary N) is 1. The van der Waals surface area contributed by atoms with Gasteiger partial charge in [0.25, 0.3) is 5.91 Å². The van der Waals surface area contributed by atoms with E-state index in [0.717, 1.165) is 24.3 Å². The second kappa shape index (κ2) is 8.05. The molecule has 0 saturated heterocycles. The maximum atomic E-state index is 13.2. The van der Waals surface area contributed by atoms with E-state index in [-0.39, 0.29) is 27.6 Å². The molecule has 2 aromatic rings. The van der Waals surface area contributed by atoms with Crippen LogP contribution in [0.3, 0.4) is 0 Å². The van der Waals surface area contributed by atoms with E-state index in [1.165, 1.54) is 25.1 Å². The predicted molar refractivity (Wildman–Crippen MR) is 99.4 cm³/mol. The van der Waals surface area contributed by atoms with Crippen LogP contribution in [0.15, 0.2) is 42.5 Å². The Morgan fingerprint density at radius 1 is 1.30 bits per heavy atom. The quantitative estimate of drug-likeness (QED) is 0.761. The Balaban J connectivity index is 2.43. The molecular formula is C18H16ClFN2O4S. The van der Waals surface area contributed by atoms with Crippen molar-refractivity contribution in [2.24, 2.45) is 0 Å². The van der Waals surface area contributed by atoms with Gasteiger partial charge in [-0.25, -0.2) is 12.8 Å². The number of aliphatic hydroxyl groups is 1. The maximum absolute atomic E-state index is 13.2. The lowest BCUT2D eigenvalue weighted by Gasteiger charge is -2.27. The van der Waals surface area contributed by atoms with Crippen molar-refractivity contribution in [3.05, 3.63) is 64.4 Å². The molecule has 1 amide bonds. The van der Waals surface area contributed by atoms with Crippen molar-refractivity contribution in [2.75, 3.05) is 16.8 Å². The number of nitrogens with zero attached hydrogens (tertiary/aromatic N) is 1. The highest BCUT2D eigenvalue weighted by molar-refractivity contribution is 7.91. The predicted octanol–water partition coefficient (Wildman–Crippen LogP) is 2.61. The minimum absolute atomic E-state index is 0.0711. The number of hydrogen-bond acceptors (Lipinski definition) is 5. The molecule has 0 aliphatic carbocycles. The molecule has 0 aliphatic rings. The number of anilines is 1. The van der Waals surface area contributed by atoms with Gasteiger partial charge in [-0.15, -0.1) is 0 Å². The summed E-state index contributed by atoms with van der Waals surface area (Å²) >= 11 is 5.92. The van der Waals surface area contributed by atoms with Crippen LogP contribution in [0.2, 0.25) is 5.02 Å². The molecule has 0 saturated carbocycles. The molecule has 0 bridgehead atoms. The Bertz CT molecular complexity index is 1000. The Morgan fingerprint density at radius 2 is 1.93 bits per heavy atom. The van der Waals surface area contributed by atoms with Crippen molar-refractivity contribution in [2.45, 2.75) is 12.5 Å². The van der Waals surface area contributed by atoms with Gasteiger partial charge in [-0.3, -0.25) is 4.79 Å². The second-order valence-corrected chi connectivity index (χ2v) is 8.56. The highest BCUT2D eigenvalue weighted by Gasteiger charge is 2.42. The molecule has 142 valence electrons. The molecular weight excluding hydrogens is 395 g/mol. The van der Waals surface area contributed by atoms with Crippen molar-refractivity contribution >= 4 is 33.0 Å². The first-order chi connectivity index (χ1) is 12.6. The molecule has 9 heteroatoms. The van der Waals surface area contributed by atoms with Crippen LogP contribution >= 0.6 is 11.6 Å². The van der Waals surface area contributed by atoms with Crippen LogP contribution in [0.25, 0.3) is 0 Å². The number of sulfone groups is 1. The number of hydrogen-bond donors (Lipinski definition) is 2. The van der Waals surface area contributed by atoms with Crippen molar-refractivity contribution < 1.29 is 22.7 Å². The third-order valence-corrected chi connectivity index (χ3v) is 5.96. The van der Waals surface area contributed by atoms with E-state index >= 15 is 0 Å². The number of carbonyl (C=O) groups is 1. The van der Waals surface area contributed by atoms with E-state index in [1.54, 1.807) is 0 Å². The maximum Gasteiger partial charge on any atom is 0.262 e. The highest BCUT2D eigenvalue weighted by Crippen LogP contribution is 2.27. The minimum atomic E-state index is -3.77. The SMILES string of the molecule is CCS(=O)(=O)CC(O)(C(=O)Nc1ccc(C#N)c(Cl)c1)c1ccc(F)cc1. The van der Waals surface area contributed by atoms with Gasteiger partial charge in [0, 0.05) is 11.4 Å². The number of carbonyl (C=O) groups excluding carboxylic acids is 1. The van der Waals surface area contributed by atoms with E-state index in [0.29, 0.717) is 0 Å². The first-order valence-corrected chi connectivity index (χ1v) is 10.0. The lowest BCUT2D eigenvalue weighted by Crippen LogP contribution is -2.46. The molecule has 6 nitrogen and oxygen atoms in total. The van der Waals surface area contributed by atoms with Gasteiger partial charge in [0.1, 0.15) is 11.9 Å². The fourth-order valence-electron chi connectivity index (χ4n) is 2.34. The van der Waals surface area contributed by atoms with Crippen LogP contribution in [0, 0.1) is 17.1 Å². The first kappa shape index (κ1) is 20.8. The van der Waals surface area contributed by atoms with Crippen molar-refractivity contribution in [1.29, 1.82) is 5.26 Å². The van der Waals surface area contributed by atoms with Crippen molar-refractivity contribution in [3.8, 4) is 6.07 Å². The summed E-state index contributed by atoms with van der Waals surface area (Å²) in [5, 5.41) is 22.3. The molecule has 2 rings (SSSR count). The molecule has 1 unspecified atom stereocenters. The zero-order valence-electron chi connectivity index (χ0n) is 14.2. The van der Waals surface area contributed by atoms with Crippen molar-refractivity contribution in [3.63, 3.8) is 0 Å². The van der Waals surface area contributed by atoms with E-state index in [9.17, 15) is 22.7 Å². The Morgan fingerprint density at radius 3 is 2.44 bits per heavy atom. The number of nitriles is 1. The second-order valence-electron chi connectivity index (χ2n) is 5.80. The van der Waals surface area contributed by atoms with Gasteiger partial charge in [0.05, 0.1) is 16.3 Å². The molecule has 1 atom stereocenters. The summed E-state index contributed by atoms with van der Waals surface area (Å²) in [7, 11) is -3.77. The zero-order chi connectivity index (χ0) is 20.2. The van der Waals surface area contributed by atoms with Crippen molar-refractivity contribution in [1.82, 2.24) is 0 Å². The largest absolute Gasteiger partial charge is 0.374 e. The summed E-state index contributed by atoms with van der Waals surface area (Å²) in [5.41, 5.74) is -2.16. The first-order valence-electron chi connectivity index (χ1n) is 7.81. The molecule has 2 N–H and O–H groups in total. The van der Waals surface area contributed by atoms with Gasteiger partial charge in [-0.05, 0) is 35.9 Å². The van der Waals surface area contributed by atoms with Gasteiger partial charge in [0.2, 0.25) is 0 Å². The Labute approximate surface area is 161 Å². The average molecular weight is 411 g/mol. The number of benzene rings is 2. The molecule has 27 heavy (non-hydrogen) atoms. The smallest absolute Gasteiger partial charge is 0.262 e. The molecule has 0 spiro atoms. The van der Waals surface area contributed by atoms with Gasteiger partial charge >= 0.3 is 0 Å². The van der Waals surface area contributed by atoms with Crippen LogP contribution in [-0.2, 0) is 20.2 Å². The number of rotatable bonds is 6. The zero-order valence-corrected chi connectivity index (χ0v) is 15.8. The summed E-state index contributed by atoms with van der Waals surface area (Å²) in [6, 6.07) is 10.3. The summed E-state index contributed by atoms with van der Waals surface area (Å²) in [5.74, 6) is -2.78. The van der Waals surface area contributed by atoms with Crippen LogP contribution in [0.1, 0.15) is 18.1 Å². The summed E-state index contributed by atoms with van der Waals surface area (Å²) in [4.78, 5) is 12.8. The number of halogens is 2. The average Bonchev–Trinajstić information content (AvgIpc) is 2.62. The molecule has 0 aliphatic heterocycles. The molecule has 0 heterocycles. The van der Waals surface area contributed by atoms with E-state index in [4.69, 9.17) is 16.9 Å². The Kier molecular flexibility index (Phi) is 6.21. The lowest BCUT2D eigenvalue weighted by atomic mass is 9.94. The fourth-order valence-corrected chi connectivity index (χ4v) is 3.71. The normalized spacial score (nSPS) is 13.4. The van der Waals surface area contributed by atoms with E-state index in [1.807, 2.05) is 6.07 Å². The topological polar surface area (TPSA) is 107 Å². The van der Waals surface area contributed by atoms with Crippen LogP contribution in [0.5, 0.6) is 0 Å². The Hall–Kier alpha value is -2.47. The standard InChI is InChI=1S/C18H16ClFN2O4S/c1-2-27(25,26)11-18(24,13-4-6-14(20)7-5-13)17(23)22-15-8-3-12(10-21)16(19)9-15/h3-9,24H,2,11H2,1H3,(H,22,23). The third kappa shape index (κ3) is 4.83. The number of amides is 1. The van der Waals surface area contributed by atoms with Gasteiger partial charge < -0.3 is 10.4 Å². The highest BCUT2D eigenvalue weighted by atomic mass is 35.5. The lowest BCUT2D eigenvalue weighted by molar-refractivity contribution is -0.132. The van der Waals surface area contributed by atoms with Gasteiger partial charge in [0.15, 0.2) is 15.4 Å². The summed E-state index contributed by atoms with van der Waals surface area (Å²) in [6.45, 7) is 1.39. The third-order valence-electron chi connectivity index (χ3n) is 3.91.